The summed E-state index contributed by atoms with van der Waals surface area (Å²) in [5, 5.41) is 3.12. The maximum atomic E-state index is 12.4. The number of hydrogen-bond donors (Lipinski definition) is 1. The monoisotopic (exact) mass is 325 g/mol. The zero-order valence-electron chi connectivity index (χ0n) is 14.2. The average molecular weight is 325 g/mol. The SMILES string of the molecule is Cc1ncc(C(=O)NC2CCN(Cc3ccncc3)CC2)c(C)n1. The van der Waals surface area contributed by atoms with Crippen molar-refractivity contribution in [3.63, 3.8) is 0 Å². The van der Waals surface area contributed by atoms with Crippen LogP contribution >= 0.6 is 0 Å². The molecule has 0 radical (unpaired) electrons. The average Bonchev–Trinajstić information content (AvgIpc) is 2.57. The summed E-state index contributed by atoms with van der Waals surface area (Å²) in [6, 6.07) is 4.31. The largest absolute Gasteiger partial charge is 0.349 e. The summed E-state index contributed by atoms with van der Waals surface area (Å²) in [6.45, 7) is 6.58. The van der Waals surface area contributed by atoms with Crippen molar-refractivity contribution >= 4 is 5.91 Å². The third kappa shape index (κ3) is 4.14. The quantitative estimate of drug-likeness (QED) is 0.929. The Morgan fingerprint density at radius 1 is 1.25 bits per heavy atom. The number of piperidine rings is 1. The fourth-order valence-corrected chi connectivity index (χ4v) is 3.05. The van der Waals surface area contributed by atoms with Gasteiger partial charge in [0, 0.05) is 44.3 Å². The lowest BCUT2D eigenvalue weighted by molar-refractivity contribution is 0.0907. The van der Waals surface area contributed by atoms with Gasteiger partial charge in [-0.15, -0.1) is 0 Å². The van der Waals surface area contributed by atoms with Gasteiger partial charge in [0.25, 0.3) is 5.91 Å². The van der Waals surface area contributed by atoms with E-state index in [2.05, 4.69) is 25.2 Å². The predicted molar refractivity (Wildman–Crippen MR) is 91.5 cm³/mol. The van der Waals surface area contributed by atoms with Gasteiger partial charge in [-0.2, -0.15) is 0 Å². The second kappa shape index (κ2) is 7.49. The van der Waals surface area contributed by atoms with Crippen LogP contribution in [0.15, 0.2) is 30.7 Å². The van der Waals surface area contributed by atoms with E-state index in [4.69, 9.17) is 0 Å². The molecule has 1 N–H and O–H groups in total. The molecule has 1 amide bonds. The highest BCUT2D eigenvalue weighted by atomic mass is 16.1. The smallest absolute Gasteiger partial charge is 0.254 e. The summed E-state index contributed by atoms with van der Waals surface area (Å²) >= 11 is 0. The number of carbonyl (C=O) groups excluding carboxylic acids is 1. The van der Waals surface area contributed by atoms with Crippen LogP contribution in [0.25, 0.3) is 0 Å². The summed E-state index contributed by atoms with van der Waals surface area (Å²) in [5.74, 6) is 0.619. The van der Waals surface area contributed by atoms with Gasteiger partial charge in [0.1, 0.15) is 5.82 Å². The summed E-state index contributed by atoms with van der Waals surface area (Å²) in [5.41, 5.74) is 2.58. The first-order chi connectivity index (χ1) is 11.6. The first-order valence-electron chi connectivity index (χ1n) is 8.34. The number of aromatic nitrogens is 3. The number of likely N-dealkylation sites (tertiary alicyclic amines) is 1. The van der Waals surface area contributed by atoms with Crippen LogP contribution in [0.1, 0.15) is 40.3 Å². The molecule has 0 saturated carbocycles. The molecule has 6 nitrogen and oxygen atoms in total. The minimum absolute atomic E-state index is 0.0694. The molecule has 3 heterocycles. The van der Waals surface area contributed by atoms with E-state index in [0.717, 1.165) is 38.2 Å². The third-order valence-electron chi connectivity index (χ3n) is 4.42. The van der Waals surface area contributed by atoms with Crippen LogP contribution in [0.4, 0.5) is 0 Å². The fourth-order valence-electron chi connectivity index (χ4n) is 3.05. The number of nitrogens with zero attached hydrogens (tertiary/aromatic N) is 4. The van der Waals surface area contributed by atoms with Crippen molar-refractivity contribution in [2.75, 3.05) is 13.1 Å². The number of aryl methyl sites for hydroxylation is 2. The highest BCUT2D eigenvalue weighted by Crippen LogP contribution is 2.14. The van der Waals surface area contributed by atoms with E-state index < -0.39 is 0 Å². The highest BCUT2D eigenvalue weighted by molar-refractivity contribution is 5.95. The van der Waals surface area contributed by atoms with Crippen molar-refractivity contribution in [1.82, 2.24) is 25.2 Å². The molecule has 1 saturated heterocycles. The van der Waals surface area contributed by atoms with E-state index >= 15 is 0 Å². The molecule has 6 heteroatoms. The van der Waals surface area contributed by atoms with E-state index in [0.29, 0.717) is 11.4 Å². The summed E-state index contributed by atoms with van der Waals surface area (Å²) in [6.07, 6.45) is 7.19. The molecule has 0 bridgehead atoms. The Morgan fingerprint density at radius 3 is 2.62 bits per heavy atom. The van der Waals surface area contributed by atoms with Gasteiger partial charge < -0.3 is 5.32 Å². The van der Waals surface area contributed by atoms with Gasteiger partial charge in [-0.05, 0) is 44.4 Å². The number of rotatable bonds is 4. The minimum atomic E-state index is -0.0694. The molecule has 1 aliphatic heterocycles. The third-order valence-corrected chi connectivity index (χ3v) is 4.42. The number of carbonyl (C=O) groups is 1. The summed E-state index contributed by atoms with van der Waals surface area (Å²) in [4.78, 5) is 27.3. The topological polar surface area (TPSA) is 71.0 Å². The Morgan fingerprint density at radius 2 is 1.96 bits per heavy atom. The van der Waals surface area contributed by atoms with Crippen molar-refractivity contribution in [3.05, 3.63) is 53.4 Å². The fraction of sp³-hybridized carbons (Fsp3) is 0.444. The van der Waals surface area contributed by atoms with Crippen molar-refractivity contribution in [1.29, 1.82) is 0 Å². The van der Waals surface area contributed by atoms with Crippen LogP contribution in [0.5, 0.6) is 0 Å². The van der Waals surface area contributed by atoms with Gasteiger partial charge in [0.05, 0.1) is 11.3 Å². The number of amides is 1. The number of nitrogens with one attached hydrogen (secondary N) is 1. The van der Waals surface area contributed by atoms with E-state index in [1.54, 1.807) is 6.20 Å². The molecule has 0 atom stereocenters. The zero-order chi connectivity index (χ0) is 16.9. The zero-order valence-corrected chi connectivity index (χ0v) is 14.2. The van der Waals surface area contributed by atoms with Gasteiger partial charge in [-0.1, -0.05) is 0 Å². The van der Waals surface area contributed by atoms with Gasteiger partial charge in [-0.25, -0.2) is 9.97 Å². The Kier molecular flexibility index (Phi) is 5.15. The molecule has 2 aromatic rings. The summed E-state index contributed by atoms with van der Waals surface area (Å²) in [7, 11) is 0. The summed E-state index contributed by atoms with van der Waals surface area (Å²) < 4.78 is 0. The number of hydrogen-bond acceptors (Lipinski definition) is 5. The maximum absolute atomic E-state index is 12.4. The van der Waals surface area contributed by atoms with Crippen molar-refractivity contribution in [2.45, 2.75) is 39.3 Å². The second-order valence-electron chi connectivity index (χ2n) is 6.30. The van der Waals surface area contributed by atoms with Crippen LogP contribution in [0.3, 0.4) is 0 Å². The van der Waals surface area contributed by atoms with Gasteiger partial charge >= 0.3 is 0 Å². The second-order valence-corrected chi connectivity index (χ2v) is 6.30. The molecule has 1 aliphatic rings. The molecule has 3 rings (SSSR count). The lowest BCUT2D eigenvalue weighted by atomic mass is 10.0. The Labute approximate surface area is 142 Å². The molecule has 126 valence electrons. The van der Waals surface area contributed by atoms with Crippen LogP contribution in [0.2, 0.25) is 0 Å². The van der Waals surface area contributed by atoms with Crippen LogP contribution < -0.4 is 5.32 Å². The lowest BCUT2D eigenvalue weighted by Gasteiger charge is -2.32. The molecular formula is C18H23N5O. The molecule has 0 unspecified atom stereocenters. The molecular weight excluding hydrogens is 302 g/mol. The Hall–Kier alpha value is -2.34. The van der Waals surface area contributed by atoms with Crippen LogP contribution in [-0.2, 0) is 6.54 Å². The highest BCUT2D eigenvalue weighted by Gasteiger charge is 2.22. The minimum Gasteiger partial charge on any atom is -0.349 e. The Balaban J connectivity index is 1.51. The number of pyridine rings is 1. The molecule has 24 heavy (non-hydrogen) atoms. The van der Waals surface area contributed by atoms with Crippen molar-refractivity contribution < 1.29 is 4.79 Å². The van der Waals surface area contributed by atoms with Crippen molar-refractivity contribution in [3.8, 4) is 0 Å². The van der Waals surface area contributed by atoms with Gasteiger partial charge in [0.2, 0.25) is 0 Å². The normalized spacial score (nSPS) is 16.1. The van der Waals surface area contributed by atoms with E-state index in [9.17, 15) is 4.79 Å². The van der Waals surface area contributed by atoms with E-state index in [1.165, 1.54) is 5.56 Å². The van der Waals surface area contributed by atoms with Crippen molar-refractivity contribution in [2.24, 2.45) is 0 Å². The van der Waals surface area contributed by atoms with E-state index in [-0.39, 0.29) is 11.9 Å². The van der Waals surface area contributed by atoms with E-state index in [1.807, 2.05) is 38.4 Å². The standard InChI is InChI=1S/C18H23N5O/c1-13-17(11-20-14(2)21-13)18(24)22-16-5-9-23(10-6-16)12-15-3-7-19-8-4-15/h3-4,7-8,11,16H,5-6,9-10,12H2,1-2H3,(H,22,24). The molecule has 0 spiro atoms. The first-order valence-corrected chi connectivity index (χ1v) is 8.34. The van der Waals surface area contributed by atoms with Crippen LogP contribution in [0, 0.1) is 13.8 Å². The first kappa shape index (κ1) is 16.5. The van der Waals surface area contributed by atoms with Gasteiger partial charge in [0.15, 0.2) is 0 Å². The maximum Gasteiger partial charge on any atom is 0.254 e. The Bertz CT molecular complexity index is 696. The van der Waals surface area contributed by atoms with Gasteiger partial charge in [-0.3, -0.25) is 14.7 Å². The molecule has 0 aliphatic carbocycles. The molecule has 2 aromatic heterocycles. The molecule has 1 fully saturated rings. The molecule has 0 aromatic carbocycles. The predicted octanol–water partition coefficient (Wildman–Crippen LogP) is 1.88. The lowest BCUT2D eigenvalue weighted by Crippen LogP contribution is -2.44. The van der Waals surface area contributed by atoms with Crippen LogP contribution in [-0.4, -0.2) is 44.9 Å².